The van der Waals surface area contributed by atoms with Crippen molar-refractivity contribution in [3.05, 3.63) is 33.9 Å². The molecule has 4 unspecified atom stereocenters. The molecule has 28 heavy (non-hydrogen) atoms. The summed E-state index contributed by atoms with van der Waals surface area (Å²) in [5, 5.41) is 18.4. The summed E-state index contributed by atoms with van der Waals surface area (Å²) in [6, 6.07) is 6.06. The van der Waals surface area contributed by atoms with Crippen molar-refractivity contribution < 1.29 is 9.72 Å². The Labute approximate surface area is 166 Å². The molecule has 1 amide bonds. The zero-order chi connectivity index (χ0) is 19.8. The number of hydrogen-bond donors (Lipinski definition) is 2. The first-order chi connectivity index (χ1) is 13.4. The summed E-state index contributed by atoms with van der Waals surface area (Å²) in [6.07, 6.45) is 5.36. The molecule has 3 aliphatic heterocycles. The molecule has 2 N–H and O–H groups in total. The summed E-state index contributed by atoms with van der Waals surface area (Å²) in [5.41, 5.74) is 1.03. The Morgan fingerprint density at radius 2 is 1.79 bits per heavy atom. The third-order valence-corrected chi connectivity index (χ3v) is 6.45. The highest BCUT2D eigenvalue weighted by atomic mass is 16.6. The predicted molar refractivity (Wildman–Crippen MR) is 109 cm³/mol. The lowest BCUT2D eigenvalue weighted by Crippen LogP contribution is -2.48. The van der Waals surface area contributed by atoms with Gasteiger partial charge in [0.2, 0.25) is 0 Å². The molecule has 7 nitrogen and oxygen atoms in total. The fourth-order valence-corrected chi connectivity index (χ4v) is 5.38. The van der Waals surface area contributed by atoms with Crippen LogP contribution in [-0.4, -0.2) is 42.0 Å². The second-order valence-corrected chi connectivity index (χ2v) is 9.09. The standard InChI is InChI=1S/C21H30N4O3/c1-13-7-14(2)12-24(11-13)19-6-3-15(8-20(19)25(27)28)21(26)23-18-9-16-4-5-17(10-18)22-16/h3,6,8,13-14,16-18,22H,4-5,7,9-12H2,1-2H3,(H,23,26). The lowest BCUT2D eigenvalue weighted by molar-refractivity contribution is -0.384. The number of carbonyl (C=O) groups excluding carboxylic acids is 1. The molecule has 4 atom stereocenters. The first-order valence-corrected chi connectivity index (χ1v) is 10.5. The van der Waals surface area contributed by atoms with Crippen molar-refractivity contribution in [1.82, 2.24) is 10.6 Å². The number of hydrogen-bond acceptors (Lipinski definition) is 5. The maximum absolute atomic E-state index is 12.7. The van der Waals surface area contributed by atoms with Gasteiger partial charge in [-0.1, -0.05) is 13.8 Å². The van der Waals surface area contributed by atoms with Crippen molar-refractivity contribution in [3.8, 4) is 0 Å². The summed E-state index contributed by atoms with van der Waals surface area (Å²) in [5.74, 6) is 0.796. The predicted octanol–water partition coefficient (Wildman–Crippen LogP) is 3.09. The molecule has 4 rings (SSSR count). The summed E-state index contributed by atoms with van der Waals surface area (Å²) >= 11 is 0. The van der Waals surface area contributed by atoms with Gasteiger partial charge in [-0.15, -0.1) is 0 Å². The molecule has 0 spiro atoms. The summed E-state index contributed by atoms with van der Waals surface area (Å²) in [7, 11) is 0. The molecule has 1 aromatic carbocycles. The molecular formula is C21H30N4O3. The number of piperidine rings is 2. The van der Waals surface area contributed by atoms with Crippen LogP contribution in [0.25, 0.3) is 0 Å². The number of anilines is 1. The van der Waals surface area contributed by atoms with Gasteiger partial charge >= 0.3 is 0 Å². The van der Waals surface area contributed by atoms with Gasteiger partial charge in [-0.05, 0) is 56.1 Å². The quantitative estimate of drug-likeness (QED) is 0.613. The fraction of sp³-hybridized carbons (Fsp3) is 0.667. The number of nitro benzene ring substituents is 1. The summed E-state index contributed by atoms with van der Waals surface area (Å²) in [4.78, 5) is 26.2. The smallest absolute Gasteiger partial charge is 0.293 e. The van der Waals surface area contributed by atoms with Crippen molar-refractivity contribution in [2.75, 3.05) is 18.0 Å². The maximum Gasteiger partial charge on any atom is 0.293 e. The molecule has 3 saturated heterocycles. The van der Waals surface area contributed by atoms with E-state index in [-0.39, 0.29) is 22.6 Å². The van der Waals surface area contributed by atoms with E-state index in [1.807, 2.05) is 0 Å². The Balaban J connectivity index is 1.51. The van der Waals surface area contributed by atoms with E-state index in [0.29, 0.717) is 35.2 Å². The minimum absolute atomic E-state index is 0.0272. The van der Waals surface area contributed by atoms with Gasteiger partial charge in [-0.2, -0.15) is 0 Å². The lowest BCUT2D eigenvalue weighted by atomic mass is 9.91. The molecule has 3 fully saturated rings. The van der Waals surface area contributed by atoms with Crippen molar-refractivity contribution in [2.24, 2.45) is 11.8 Å². The van der Waals surface area contributed by atoms with E-state index in [0.717, 1.165) is 32.4 Å². The zero-order valence-corrected chi connectivity index (χ0v) is 16.7. The second kappa shape index (κ2) is 7.70. The SMILES string of the molecule is CC1CC(C)CN(c2ccc(C(=O)NC3CC4CCC(C3)N4)cc2[N+](=O)[O-])C1. The maximum atomic E-state index is 12.7. The number of amides is 1. The number of nitrogens with zero attached hydrogens (tertiary/aromatic N) is 2. The fourth-order valence-electron chi connectivity index (χ4n) is 5.38. The Morgan fingerprint density at radius 3 is 2.39 bits per heavy atom. The van der Waals surface area contributed by atoms with E-state index in [1.54, 1.807) is 12.1 Å². The highest BCUT2D eigenvalue weighted by Gasteiger charge is 2.34. The third kappa shape index (κ3) is 3.99. The van der Waals surface area contributed by atoms with Gasteiger partial charge in [0.1, 0.15) is 5.69 Å². The minimum atomic E-state index is -0.360. The number of rotatable bonds is 4. The topological polar surface area (TPSA) is 87.5 Å². The van der Waals surface area contributed by atoms with E-state index >= 15 is 0 Å². The minimum Gasteiger partial charge on any atom is -0.365 e. The van der Waals surface area contributed by atoms with Crippen molar-refractivity contribution in [3.63, 3.8) is 0 Å². The molecule has 3 aliphatic rings. The molecule has 152 valence electrons. The van der Waals surface area contributed by atoms with Gasteiger partial charge in [-0.3, -0.25) is 14.9 Å². The molecule has 0 saturated carbocycles. The van der Waals surface area contributed by atoms with Crippen LogP contribution < -0.4 is 15.5 Å². The van der Waals surface area contributed by atoms with Gasteiger partial charge < -0.3 is 15.5 Å². The van der Waals surface area contributed by atoms with Gasteiger partial charge in [0.25, 0.3) is 11.6 Å². The van der Waals surface area contributed by atoms with Crippen molar-refractivity contribution in [1.29, 1.82) is 0 Å². The molecule has 7 heteroatoms. The Bertz CT molecular complexity index is 746. The Morgan fingerprint density at radius 1 is 1.14 bits per heavy atom. The van der Waals surface area contributed by atoms with Crippen LogP contribution in [0, 0.1) is 22.0 Å². The first kappa shape index (κ1) is 19.2. The van der Waals surface area contributed by atoms with Crippen LogP contribution in [0.4, 0.5) is 11.4 Å². The van der Waals surface area contributed by atoms with E-state index < -0.39 is 0 Å². The van der Waals surface area contributed by atoms with Gasteiger partial charge in [0.15, 0.2) is 0 Å². The number of fused-ring (bicyclic) bond motifs is 2. The number of benzene rings is 1. The van der Waals surface area contributed by atoms with Gasteiger partial charge in [0, 0.05) is 42.8 Å². The van der Waals surface area contributed by atoms with Crippen LogP contribution in [0.15, 0.2) is 18.2 Å². The van der Waals surface area contributed by atoms with Crippen LogP contribution in [0.5, 0.6) is 0 Å². The zero-order valence-electron chi connectivity index (χ0n) is 16.7. The molecule has 0 radical (unpaired) electrons. The second-order valence-electron chi connectivity index (χ2n) is 9.09. The molecular weight excluding hydrogens is 356 g/mol. The van der Waals surface area contributed by atoms with Crippen LogP contribution in [0.3, 0.4) is 0 Å². The van der Waals surface area contributed by atoms with Crippen molar-refractivity contribution >= 4 is 17.3 Å². The summed E-state index contributed by atoms with van der Waals surface area (Å²) in [6.45, 7) is 5.99. The van der Waals surface area contributed by atoms with E-state index in [2.05, 4.69) is 29.4 Å². The third-order valence-electron chi connectivity index (χ3n) is 6.45. The highest BCUT2D eigenvalue weighted by Crippen LogP contribution is 2.34. The van der Waals surface area contributed by atoms with E-state index in [9.17, 15) is 14.9 Å². The van der Waals surface area contributed by atoms with Gasteiger partial charge in [0.05, 0.1) is 4.92 Å². The average molecular weight is 386 g/mol. The summed E-state index contributed by atoms with van der Waals surface area (Å²) < 4.78 is 0. The monoisotopic (exact) mass is 386 g/mol. The largest absolute Gasteiger partial charge is 0.365 e. The normalized spacial score (nSPS) is 32.2. The van der Waals surface area contributed by atoms with E-state index in [4.69, 9.17) is 0 Å². The van der Waals surface area contributed by atoms with Crippen molar-refractivity contribution in [2.45, 2.75) is 64.1 Å². The molecule has 3 heterocycles. The molecule has 1 aromatic rings. The van der Waals surface area contributed by atoms with Crippen LogP contribution in [0.1, 0.15) is 56.3 Å². The van der Waals surface area contributed by atoms with Crippen LogP contribution >= 0.6 is 0 Å². The van der Waals surface area contributed by atoms with Crippen LogP contribution in [-0.2, 0) is 0 Å². The van der Waals surface area contributed by atoms with Crippen LogP contribution in [0.2, 0.25) is 0 Å². The number of nitro groups is 1. The first-order valence-electron chi connectivity index (χ1n) is 10.5. The molecule has 0 aromatic heterocycles. The Hall–Kier alpha value is -2.15. The molecule has 2 bridgehead atoms. The average Bonchev–Trinajstić information content (AvgIpc) is 2.98. The molecule has 0 aliphatic carbocycles. The van der Waals surface area contributed by atoms with E-state index in [1.165, 1.54) is 18.9 Å². The Kier molecular flexibility index (Phi) is 5.27. The van der Waals surface area contributed by atoms with Gasteiger partial charge in [-0.25, -0.2) is 0 Å². The lowest BCUT2D eigenvalue weighted by Gasteiger charge is -2.36. The highest BCUT2D eigenvalue weighted by molar-refractivity contribution is 5.96. The number of carbonyl (C=O) groups is 1. The number of nitrogens with one attached hydrogen (secondary N) is 2.